The molecule has 0 bridgehead atoms. The molecular weight excluding hydrogens is 424 g/mol. The molecule has 9 heteroatoms. The van der Waals surface area contributed by atoms with Crippen LogP contribution in [-0.4, -0.2) is 51.6 Å². The third-order valence-electron chi connectivity index (χ3n) is 4.96. The van der Waals surface area contributed by atoms with Gasteiger partial charge in [0.1, 0.15) is 6.54 Å². The molecule has 1 N–H and O–H groups in total. The van der Waals surface area contributed by atoms with Gasteiger partial charge in [-0.15, -0.1) is 0 Å². The minimum absolute atomic E-state index is 0.0961. The number of aryl methyl sites for hydroxylation is 1. The Labute approximate surface area is 182 Å². The van der Waals surface area contributed by atoms with Gasteiger partial charge in [0.05, 0.1) is 10.6 Å². The monoisotopic (exact) mass is 448 g/mol. The fraction of sp³-hybridized carbons (Fsp3) is 0.333. The van der Waals surface area contributed by atoms with Gasteiger partial charge in [0, 0.05) is 36.7 Å². The maximum Gasteiger partial charge on any atom is 0.264 e. The number of piperidine rings is 1. The van der Waals surface area contributed by atoms with E-state index in [1.165, 1.54) is 12.1 Å². The molecule has 7 nitrogen and oxygen atoms in total. The van der Waals surface area contributed by atoms with E-state index in [1.807, 2.05) is 7.05 Å². The maximum absolute atomic E-state index is 13.3. The van der Waals surface area contributed by atoms with Gasteiger partial charge in [0.2, 0.25) is 0 Å². The third kappa shape index (κ3) is 5.38. The average molecular weight is 449 g/mol. The Hall–Kier alpha value is -2.42. The zero-order chi connectivity index (χ0) is 21.7. The van der Waals surface area contributed by atoms with Crippen LogP contribution in [0.1, 0.15) is 18.4 Å². The summed E-state index contributed by atoms with van der Waals surface area (Å²) >= 11 is 6.12. The topological polar surface area (TPSA) is 82.1 Å². The molecule has 1 fully saturated rings. The highest BCUT2D eigenvalue weighted by molar-refractivity contribution is 7.92. The van der Waals surface area contributed by atoms with Crippen molar-refractivity contribution in [1.29, 1.82) is 0 Å². The number of nitrogens with one attached hydrogen (secondary N) is 1. The summed E-state index contributed by atoms with van der Waals surface area (Å²) in [4.78, 5) is 14.9. The number of benzene rings is 2. The standard InChI is InChI=1S/C21H25ClN4O3S/c1-16-8-9-17(22)14-20(16)26(30(28,29)19-6-4-3-5-7-19)15-21(27)24-23-18-10-12-25(2)13-11-18/h3-9,14H,10-13,15H2,1-2H3,(H,24,27). The number of hydrazone groups is 1. The summed E-state index contributed by atoms with van der Waals surface area (Å²) in [5.74, 6) is -0.514. The molecule has 1 aliphatic heterocycles. The number of likely N-dealkylation sites (tertiary alicyclic amines) is 1. The lowest BCUT2D eigenvalue weighted by atomic mass is 10.1. The highest BCUT2D eigenvalue weighted by Crippen LogP contribution is 2.29. The molecule has 0 atom stereocenters. The second-order valence-corrected chi connectivity index (χ2v) is 9.57. The number of halogens is 1. The van der Waals surface area contributed by atoms with E-state index in [1.54, 1.807) is 43.3 Å². The lowest BCUT2D eigenvalue weighted by molar-refractivity contribution is -0.119. The van der Waals surface area contributed by atoms with Crippen LogP contribution in [0.2, 0.25) is 5.02 Å². The molecule has 0 saturated carbocycles. The Balaban J connectivity index is 1.87. The number of anilines is 1. The summed E-state index contributed by atoms with van der Waals surface area (Å²) in [6.45, 7) is 3.13. The van der Waals surface area contributed by atoms with Crippen LogP contribution in [0.5, 0.6) is 0 Å². The van der Waals surface area contributed by atoms with Gasteiger partial charge >= 0.3 is 0 Å². The predicted octanol–water partition coefficient (Wildman–Crippen LogP) is 3.04. The molecule has 2 aromatic rings. The van der Waals surface area contributed by atoms with E-state index in [9.17, 15) is 13.2 Å². The highest BCUT2D eigenvalue weighted by atomic mass is 35.5. The molecular formula is C21H25ClN4O3S. The minimum atomic E-state index is -3.98. The van der Waals surface area contributed by atoms with E-state index in [-0.39, 0.29) is 4.90 Å². The van der Waals surface area contributed by atoms with E-state index in [2.05, 4.69) is 15.4 Å². The summed E-state index contributed by atoms with van der Waals surface area (Å²) in [7, 11) is -1.94. The maximum atomic E-state index is 13.3. The van der Waals surface area contributed by atoms with E-state index < -0.39 is 22.5 Å². The Kier molecular flexibility index (Phi) is 7.12. The molecule has 0 aromatic heterocycles. The molecule has 0 spiro atoms. The van der Waals surface area contributed by atoms with Crippen molar-refractivity contribution in [1.82, 2.24) is 10.3 Å². The van der Waals surface area contributed by atoms with Gasteiger partial charge in [0.25, 0.3) is 15.9 Å². The van der Waals surface area contributed by atoms with Gasteiger partial charge in [-0.05, 0) is 43.8 Å². The zero-order valence-electron chi connectivity index (χ0n) is 17.0. The average Bonchev–Trinajstić information content (AvgIpc) is 2.74. The zero-order valence-corrected chi connectivity index (χ0v) is 18.6. The summed E-state index contributed by atoms with van der Waals surface area (Å²) < 4.78 is 27.7. The van der Waals surface area contributed by atoms with Crippen LogP contribution >= 0.6 is 11.6 Å². The summed E-state index contributed by atoms with van der Waals surface area (Å²) in [6.07, 6.45) is 1.55. The molecule has 160 valence electrons. The van der Waals surface area contributed by atoms with E-state index in [0.717, 1.165) is 35.9 Å². The predicted molar refractivity (Wildman–Crippen MR) is 119 cm³/mol. The quantitative estimate of drug-likeness (QED) is 0.688. The van der Waals surface area contributed by atoms with Crippen LogP contribution in [0, 0.1) is 6.92 Å². The molecule has 1 aliphatic rings. The number of sulfonamides is 1. The van der Waals surface area contributed by atoms with Gasteiger partial charge in [-0.1, -0.05) is 35.9 Å². The normalized spacial score (nSPS) is 15.0. The van der Waals surface area contributed by atoms with Gasteiger partial charge in [-0.25, -0.2) is 13.8 Å². The Morgan fingerprint density at radius 2 is 1.83 bits per heavy atom. The highest BCUT2D eigenvalue weighted by Gasteiger charge is 2.28. The van der Waals surface area contributed by atoms with E-state index in [4.69, 9.17) is 11.6 Å². The van der Waals surface area contributed by atoms with Crippen LogP contribution in [-0.2, 0) is 14.8 Å². The van der Waals surface area contributed by atoms with Crippen LogP contribution in [0.4, 0.5) is 5.69 Å². The fourth-order valence-corrected chi connectivity index (χ4v) is 4.83. The first-order valence-corrected chi connectivity index (χ1v) is 11.5. The molecule has 3 rings (SSSR count). The SMILES string of the molecule is Cc1ccc(Cl)cc1N(CC(=O)NN=C1CCN(C)CC1)S(=O)(=O)c1ccccc1. The van der Waals surface area contributed by atoms with Gasteiger partial charge in [-0.3, -0.25) is 9.10 Å². The molecule has 2 aromatic carbocycles. The number of hydrogen-bond acceptors (Lipinski definition) is 5. The molecule has 1 amide bonds. The van der Waals surface area contributed by atoms with Crippen molar-refractivity contribution >= 4 is 38.9 Å². The Morgan fingerprint density at radius 3 is 2.50 bits per heavy atom. The number of carbonyl (C=O) groups excluding carboxylic acids is 1. The lowest BCUT2D eigenvalue weighted by Gasteiger charge is -2.26. The largest absolute Gasteiger partial charge is 0.306 e. The van der Waals surface area contributed by atoms with Gasteiger partial charge < -0.3 is 4.90 Å². The van der Waals surface area contributed by atoms with E-state index >= 15 is 0 Å². The lowest BCUT2D eigenvalue weighted by Crippen LogP contribution is -2.40. The Morgan fingerprint density at radius 1 is 1.17 bits per heavy atom. The summed E-state index contributed by atoms with van der Waals surface area (Å²) in [5.41, 5.74) is 4.46. The number of rotatable bonds is 6. The number of amides is 1. The minimum Gasteiger partial charge on any atom is -0.306 e. The molecule has 1 heterocycles. The van der Waals surface area contributed by atoms with Crippen molar-refractivity contribution in [2.24, 2.45) is 5.10 Å². The van der Waals surface area contributed by atoms with Crippen LogP contribution in [0.3, 0.4) is 0 Å². The second kappa shape index (κ2) is 9.59. The number of hydrogen-bond donors (Lipinski definition) is 1. The summed E-state index contributed by atoms with van der Waals surface area (Å²) in [6, 6.07) is 13.0. The molecule has 1 saturated heterocycles. The van der Waals surface area contributed by atoms with Crippen LogP contribution in [0.15, 0.2) is 58.5 Å². The molecule has 0 aliphatic carbocycles. The summed E-state index contributed by atoms with van der Waals surface area (Å²) in [5, 5.41) is 4.59. The van der Waals surface area contributed by atoms with Crippen LogP contribution in [0.25, 0.3) is 0 Å². The second-order valence-electron chi connectivity index (χ2n) is 7.27. The van der Waals surface area contributed by atoms with Crippen molar-refractivity contribution in [3.63, 3.8) is 0 Å². The fourth-order valence-electron chi connectivity index (χ4n) is 3.17. The van der Waals surface area contributed by atoms with E-state index in [0.29, 0.717) is 16.3 Å². The third-order valence-corrected chi connectivity index (χ3v) is 6.97. The molecule has 0 radical (unpaired) electrons. The van der Waals surface area contributed by atoms with Gasteiger partial charge in [0.15, 0.2) is 0 Å². The Bertz CT molecular complexity index is 1030. The van der Waals surface area contributed by atoms with Crippen molar-refractivity contribution in [2.75, 3.05) is 31.0 Å². The van der Waals surface area contributed by atoms with Crippen molar-refractivity contribution in [3.8, 4) is 0 Å². The number of carbonyl (C=O) groups is 1. The first-order chi connectivity index (χ1) is 14.3. The van der Waals surface area contributed by atoms with Crippen LogP contribution < -0.4 is 9.73 Å². The first-order valence-electron chi connectivity index (χ1n) is 9.64. The first kappa shape index (κ1) is 22.3. The van der Waals surface area contributed by atoms with Crippen molar-refractivity contribution in [2.45, 2.75) is 24.7 Å². The smallest absolute Gasteiger partial charge is 0.264 e. The van der Waals surface area contributed by atoms with Crippen molar-refractivity contribution < 1.29 is 13.2 Å². The number of nitrogens with zero attached hydrogens (tertiary/aromatic N) is 3. The molecule has 30 heavy (non-hydrogen) atoms. The van der Waals surface area contributed by atoms with Crippen molar-refractivity contribution in [3.05, 3.63) is 59.1 Å². The molecule has 0 unspecified atom stereocenters. The van der Waals surface area contributed by atoms with Gasteiger partial charge in [-0.2, -0.15) is 5.10 Å².